The van der Waals surface area contributed by atoms with Crippen molar-refractivity contribution in [2.24, 2.45) is 5.41 Å². The van der Waals surface area contributed by atoms with E-state index < -0.39 is 0 Å². The number of halogens is 1. The molecule has 8 nitrogen and oxygen atoms in total. The summed E-state index contributed by atoms with van der Waals surface area (Å²) in [7, 11) is 0. The number of carbonyl (C=O) groups is 2. The van der Waals surface area contributed by atoms with Crippen LogP contribution in [0.2, 0.25) is 5.02 Å². The number of hydrogen-bond acceptors (Lipinski definition) is 5. The number of nitrogens with zero attached hydrogens (tertiary/aromatic N) is 4. The lowest BCUT2D eigenvalue weighted by Gasteiger charge is -2.53. The largest absolute Gasteiger partial charge is 0.445 e. The number of amides is 2. The first kappa shape index (κ1) is 19.8. The van der Waals surface area contributed by atoms with Crippen molar-refractivity contribution >= 4 is 34.6 Å². The Balaban J connectivity index is 1.11. The van der Waals surface area contributed by atoms with Crippen molar-refractivity contribution in [2.75, 3.05) is 26.2 Å². The van der Waals surface area contributed by atoms with Crippen LogP contribution in [0.5, 0.6) is 0 Å². The first-order chi connectivity index (χ1) is 15.0. The summed E-state index contributed by atoms with van der Waals surface area (Å²) in [5.41, 5.74) is 3.06. The van der Waals surface area contributed by atoms with Crippen LogP contribution >= 0.6 is 11.6 Å². The van der Waals surface area contributed by atoms with E-state index in [-0.39, 0.29) is 24.0 Å². The average Bonchev–Trinajstić information content (AvgIpc) is 3.24. The van der Waals surface area contributed by atoms with E-state index >= 15 is 0 Å². The molecule has 2 aromatic carbocycles. The highest BCUT2D eigenvalue weighted by molar-refractivity contribution is 6.30. The summed E-state index contributed by atoms with van der Waals surface area (Å²) in [6.45, 7) is 2.96. The molecule has 0 radical (unpaired) electrons. The van der Waals surface area contributed by atoms with Gasteiger partial charge in [-0.15, -0.1) is 0 Å². The first-order valence-corrected chi connectivity index (χ1v) is 10.7. The normalized spacial score (nSPS) is 17.6. The number of rotatable bonds is 3. The molecule has 3 heterocycles. The van der Waals surface area contributed by atoms with E-state index in [2.05, 4.69) is 15.4 Å². The van der Waals surface area contributed by atoms with Gasteiger partial charge >= 0.3 is 6.09 Å². The minimum Gasteiger partial charge on any atom is -0.445 e. The minimum absolute atomic E-state index is 0.0142. The van der Waals surface area contributed by atoms with Gasteiger partial charge in [-0.1, -0.05) is 23.7 Å². The summed E-state index contributed by atoms with van der Waals surface area (Å²) in [5, 5.41) is 11.3. The van der Waals surface area contributed by atoms with Crippen LogP contribution in [0, 0.1) is 5.41 Å². The van der Waals surface area contributed by atoms with E-state index in [9.17, 15) is 9.59 Å². The third-order valence-corrected chi connectivity index (χ3v) is 6.51. The van der Waals surface area contributed by atoms with Gasteiger partial charge in [-0.05, 0) is 48.7 Å². The van der Waals surface area contributed by atoms with E-state index in [1.807, 2.05) is 17.0 Å². The van der Waals surface area contributed by atoms with Gasteiger partial charge in [0.1, 0.15) is 17.6 Å². The second-order valence-corrected chi connectivity index (χ2v) is 8.79. The Hall–Kier alpha value is -3.13. The zero-order chi connectivity index (χ0) is 21.4. The van der Waals surface area contributed by atoms with E-state index in [0.717, 1.165) is 37.0 Å². The summed E-state index contributed by atoms with van der Waals surface area (Å²) >= 11 is 5.88. The molecule has 0 unspecified atom stereocenters. The van der Waals surface area contributed by atoms with Crippen molar-refractivity contribution in [3.63, 3.8) is 0 Å². The molecule has 2 amide bonds. The molecule has 5 rings (SSSR count). The van der Waals surface area contributed by atoms with Crippen molar-refractivity contribution in [1.82, 2.24) is 25.2 Å². The number of aromatic amines is 1. The molecule has 0 aliphatic carbocycles. The number of benzene rings is 2. The van der Waals surface area contributed by atoms with Crippen LogP contribution in [0.3, 0.4) is 0 Å². The van der Waals surface area contributed by atoms with Crippen molar-refractivity contribution in [1.29, 1.82) is 0 Å². The number of H-pyrrole nitrogens is 1. The lowest BCUT2D eigenvalue weighted by Crippen LogP contribution is -2.62. The summed E-state index contributed by atoms with van der Waals surface area (Å²) in [5.74, 6) is 0.0142. The molecule has 2 aliphatic rings. The topological polar surface area (TPSA) is 91.4 Å². The molecule has 0 saturated carbocycles. The summed E-state index contributed by atoms with van der Waals surface area (Å²) < 4.78 is 5.44. The maximum absolute atomic E-state index is 12.8. The molecular weight excluding hydrogens is 418 g/mol. The van der Waals surface area contributed by atoms with Gasteiger partial charge in [-0.25, -0.2) is 4.79 Å². The predicted octanol–water partition coefficient (Wildman–Crippen LogP) is 3.49. The molecule has 2 aliphatic heterocycles. The van der Waals surface area contributed by atoms with Gasteiger partial charge in [-0.2, -0.15) is 15.4 Å². The zero-order valence-corrected chi connectivity index (χ0v) is 17.6. The van der Waals surface area contributed by atoms with Gasteiger partial charge in [0.25, 0.3) is 5.91 Å². The lowest BCUT2D eigenvalue weighted by atomic mass is 9.72. The van der Waals surface area contributed by atoms with Gasteiger partial charge in [0.05, 0.1) is 0 Å². The third-order valence-electron chi connectivity index (χ3n) is 6.26. The second-order valence-electron chi connectivity index (χ2n) is 8.36. The van der Waals surface area contributed by atoms with E-state index in [0.29, 0.717) is 29.2 Å². The van der Waals surface area contributed by atoms with Gasteiger partial charge < -0.3 is 14.5 Å². The fourth-order valence-electron chi connectivity index (χ4n) is 4.36. The number of piperidine rings is 1. The minimum atomic E-state index is -0.294. The molecule has 0 atom stereocenters. The van der Waals surface area contributed by atoms with Crippen LogP contribution in [0.1, 0.15) is 28.8 Å². The maximum atomic E-state index is 12.8. The lowest BCUT2D eigenvalue weighted by molar-refractivity contribution is -0.0319. The molecule has 160 valence electrons. The maximum Gasteiger partial charge on any atom is 0.410 e. The highest BCUT2D eigenvalue weighted by atomic mass is 35.5. The Bertz CT molecular complexity index is 1110. The number of aromatic nitrogens is 3. The number of hydrogen-bond donors (Lipinski definition) is 1. The number of fused-ring (bicyclic) bond motifs is 1. The molecule has 9 heteroatoms. The van der Waals surface area contributed by atoms with Crippen molar-refractivity contribution in [2.45, 2.75) is 19.4 Å². The van der Waals surface area contributed by atoms with Crippen LogP contribution < -0.4 is 0 Å². The molecule has 2 saturated heterocycles. The fraction of sp³-hybridized carbons (Fsp3) is 0.364. The Morgan fingerprint density at radius 3 is 2.45 bits per heavy atom. The SMILES string of the molecule is O=C(OCc1ccc(Cl)cc1)N1CCC2(CC1)CN(C(=O)c1ccc3n[nH]nc3c1)C2. The number of ether oxygens (including phenoxy) is 1. The predicted molar refractivity (Wildman–Crippen MR) is 115 cm³/mol. The van der Waals surface area contributed by atoms with E-state index in [1.54, 1.807) is 35.2 Å². The molecular formula is C22H22ClN5O3. The molecule has 3 aromatic rings. The Kier molecular flexibility index (Phi) is 5.02. The number of nitrogens with one attached hydrogen (secondary N) is 1. The molecule has 0 bridgehead atoms. The van der Waals surface area contributed by atoms with Crippen molar-refractivity contribution < 1.29 is 14.3 Å². The van der Waals surface area contributed by atoms with Crippen LogP contribution in [-0.4, -0.2) is 63.4 Å². The Morgan fingerprint density at radius 1 is 1.00 bits per heavy atom. The van der Waals surface area contributed by atoms with Gasteiger partial charge in [0.15, 0.2) is 0 Å². The van der Waals surface area contributed by atoms with Crippen molar-refractivity contribution in [3.05, 3.63) is 58.6 Å². The summed E-state index contributed by atoms with van der Waals surface area (Å²) in [4.78, 5) is 28.8. The number of likely N-dealkylation sites (tertiary alicyclic amines) is 2. The third kappa shape index (κ3) is 3.95. The average molecular weight is 440 g/mol. The Labute approximate surface area is 184 Å². The zero-order valence-electron chi connectivity index (χ0n) is 16.9. The quantitative estimate of drug-likeness (QED) is 0.674. The standard InChI is InChI=1S/C22H22ClN5O3/c23-17-4-1-15(2-5-17)12-31-21(30)27-9-7-22(8-10-27)13-28(14-22)20(29)16-3-6-18-19(11-16)25-26-24-18/h1-6,11H,7-10,12-14H2,(H,24,25,26). The highest BCUT2D eigenvalue weighted by Crippen LogP contribution is 2.41. The molecule has 1 N–H and O–H groups in total. The fourth-order valence-corrected chi connectivity index (χ4v) is 4.49. The monoisotopic (exact) mass is 439 g/mol. The van der Waals surface area contributed by atoms with Gasteiger partial charge in [0, 0.05) is 42.2 Å². The number of carbonyl (C=O) groups excluding carboxylic acids is 2. The Morgan fingerprint density at radius 2 is 1.71 bits per heavy atom. The molecule has 2 fully saturated rings. The highest BCUT2D eigenvalue weighted by Gasteiger charge is 2.47. The van der Waals surface area contributed by atoms with Gasteiger partial charge in [-0.3, -0.25) is 4.79 Å². The molecule has 31 heavy (non-hydrogen) atoms. The van der Waals surface area contributed by atoms with Crippen LogP contribution in [0.15, 0.2) is 42.5 Å². The molecule has 1 spiro atoms. The van der Waals surface area contributed by atoms with Crippen molar-refractivity contribution in [3.8, 4) is 0 Å². The van der Waals surface area contributed by atoms with E-state index in [4.69, 9.17) is 16.3 Å². The van der Waals surface area contributed by atoms with Crippen LogP contribution in [0.25, 0.3) is 11.0 Å². The van der Waals surface area contributed by atoms with Crippen LogP contribution in [0.4, 0.5) is 4.79 Å². The smallest absolute Gasteiger partial charge is 0.410 e. The summed E-state index contributed by atoms with van der Waals surface area (Å²) in [6.07, 6.45) is 1.45. The first-order valence-electron chi connectivity index (χ1n) is 10.3. The van der Waals surface area contributed by atoms with Crippen LogP contribution in [-0.2, 0) is 11.3 Å². The molecule has 1 aromatic heterocycles. The second kappa shape index (κ2) is 7.85. The van der Waals surface area contributed by atoms with Gasteiger partial charge in [0.2, 0.25) is 0 Å². The van der Waals surface area contributed by atoms with E-state index in [1.165, 1.54) is 0 Å². The summed E-state index contributed by atoms with van der Waals surface area (Å²) in [6, 6.07) is 12.6.